The standard InChI is InChI=1S/C14H18N2O2S/c1-14(2)9-13(14)16-6-7-19(17,18)12-5-3-4-11(8-12)10-15/h3-5,8,13,16H,6-7,9H2,1-2H3. The fraction of sp³-hybridized carbons (Fsp3) is 0.500. The molecule has 0 bridgehead atoms. The maximum Gasteiger partial charge on any atom is 0.179 e. The Kier molecular flexibility index (Phi) is 3.66. The molecule has 5 heteroatoms. The number of benzene rings is 1. The summed E-state index contributed by atoms with van der Waals surface area (Å²) < 4.78 is 24.2. The maximum atomic E-state index is 12.1. The van der Waals surface area contributed by atoms with Gasteiger partial charge in [0, 0.05) is 12.6 Å². The largest absolute Gasteiger partial charge is 0.312 e. The first kappa shape index (κ1) is 14.0. The van der Waals surface area contributed by atoms with Gasteiger partial charge in [0.25, 0.3) is 0 Å². The third-order valence-electron chi connectivity index (χ3n) is 3.60. The molecule has 0 aromatic heterocycles. The fourth-order valence-corrected chi connectivity index (χ4v) is 3.27. The lowest BCUT2D eigenvalue weighted by atomic mass is 10.2. The summed E-state index contributed by atoms with van der Waals surface area (Å²) in [7, 11) is -3.31. The van der Waals surface area contributed by atoms with Crippen LogP contribution in [0.25, 0.3) is 0 Å². The van der Waals surface area contributed by atoms with Gasteiger partial charge in [0.1, 0.15) is 0 Å². The van der Waals surface area contributed by atoms with Crippen LogP contribution in [0.5, 0.6) is 0 Å². The van der Waals surface area contributed by atoms with Crippen LogP contribution >= 0.6 is 0 Å². The molecule has 0 amide bonds. The van der Waals surface area contributed by atoms with Gasteiger partial charge in [0.2, 0.25) is 0 Å². The minimum absolute atomic E-state index is 0.0640. The second-order valence-corrected chi connectivity index (χ2v) is 7.77. The van der Waals surface area contributed by atoms with E-state index < -0.39 is 9.84 Å². The Morgan fingerprint density at radius 2 is 2.16 bits per heavy atom. The van der Waals surface area contributed by atoms with E-state index in [0.717, 1.165) is 6.42 Å². The number of nitrogens with one attached hydrogen (secondary N) is 1. The van der Waals surface area contributed by atoms with E-state index in [4.69, 9.17) is 5.26 Å². The van der Waals surface area contributed by atoms with E-state index in [1.807, 2.05) is 6.07 Å². The average molecular weight is 278 g/mol. The van der Waals surface area contributed by atoms with E-state index in [-0.39, 0.29) is 10.6 Å². The van der Waals surface area contributed by atoms with Gasteiger partial charge in [-0.2, -0.15) is 5.26 Å². The molecule has 0 heterocycles. The second kappa shape index (κ2) is 4.95. The van der Waals surface area contributed by atoms with Crippen LogP contribution in [0.3, 0.4) is 0 Å². The lowest BCUT2D eigenvalue weighted by molar-refractivity contribution is 0.547. The highest BCUT2D eigenvalue weighted by Gasteiger charge is 2.45. The molecular weight excluding hydrogens is 260 g/mol. The van der Waals surface area contributed by atoms with E-state index in [1.165, 1.54) is 12.1 Å². The molecule has 0 spiro atoms. The molecule has 0 saturated heterocycles. The maximum absolute atomic E-state index is 12.1. The predicted molar refractivity (Wildman–Crippen MR) is 73.4 cm³/mol. The van der Waals surface area contributed by atoms with Crippen molar-refractivity contribution in [3.63, 3.8) is 0 Å². The highest BCUT2D eigenvalue weighted by atomic mass is 32.2. The van der Waals surface area contributed by atoms with Crippen molar-refractivity contribution < 1.29 is 8.42 Å². The molecule has 1 saturated carbocycles. The molecule has 1 aliphatic rings. The molecule has 1 atom stereocenters. The van der Waals surface area contributed by atoms with E-state index >= 15 is 0 Å². The van der Waals surface area contributed by atoms with Crippen molar-refractivity contribution >= 4 is 9.84 Å². The SMILES string of the molecule is CC1(C)CC1NCCS(=O)(=O)c1cccc(C#N)c1. The summed E-state index contributed by atoms with van der Waals surface area (Å²) in [6.45, 7) is 4.78. The summed E-state index contributed by atoms with van der Waals surface area (Å²) in [5, 5.41) is 12.0. The molecule has 0 aliphatic heterocycles. The van der Waals surface area contributed by atoms with Crippen LogP contribution in [0.15, 0.2) is 29.2 Å². The minimum Gasteiger partial charge on any atom is -0.312 e. The minimum atomic E-state index is -3.31. The number of hydrogen-bond donors (Lipinski definition) is 1. The molecule has 1 aliphatic carbocycles. The van der Waals surface area contributed by atoms with Gasteiger partial charge in [-0.05, 0) is 30.0 Å². The van der Waals surface area contributed by atoms with E-state index in [1.54, 1.807) is 12.1 Å². The van der Waals surface area contributed by atoms with E-state index in [9.17, 15) is 8.42 Å². The zero-order chi connectivity index (χ0) is 14.1. The first-order chi connectivity index (χ1) is 8.85. The second-order valence-electron chi connectivity index (χ2n) is 5.66. The summed E-state index contributed by atoms with van der Waals surface area (Å²) in [5.74, 6) is 0.0640. The van der Waals surface area contributed by atoms with Gasteiger partial charge < -0.3 is 5.32 Å². The Morgan fingerprint density at radius 3 is 2.74 bits per heavy atom. The zero-order valence-electron chi connectivity index (χ0n) is 11.2. The Hall–Kier alpha value is -1.38. The molecule has 4 nitrogen and oxygen atoms in total. The van der Waals surface area contributed by atoms with E-state index in [0.29, 0.717) is 23.6 Å². The molecule has 1 N–H and O–H groups in total. The van der Waals surface area contributed by atoms with Gasteiger partial charge >= 0.3 is 0 Å². The summed E-state index contributed by atoms with van der Waals surface area (Å²) in [6.07, 6.45) is 1.09. The van der Waals surface area contributed by atoms with Gasteiger partial charge in [-0.1, -0.05) is 19.9 Å². The number of nitriles is 1. The van der Waals surface area contributed by atoms with E-state index in [2.05, 4.69) is 19.2 Å². The third kappa shape index (κ3) is 3.34. The quantitative estimate of drug-likeness (QED) is 0.890. The molecule has 1 fully saturated rings. The molecule has 0 radical (unpaired) electrons. The van der Waals surface area contributed by atoms with Crippen molar-refractivity contribution in [3.8, 4) is 6.07 Å². The lowest BCUT2D eigenvalue weighted by Gasteiger charge is -2.08. The van der Waals surface area contributed by atoms with Crippen LogP contribution in [0.1, 0.15) is 25.8 Å². The van der Waals surface area contributed by atoms with Crippen molar-refractivity contribution in [2.24, 2.45) is 5.41 Å². The Bertz CT molecular complexity index is 615. The normalized spacial score (nSPS) is 20.8. The van der Waals surface area contributed by atoms with Crippen molar-refractivity contribution in [1.82, 2.24) is 5.32 Å². The monoisotopic (exact) mass is 278 g/mol. The Labute approximate surface area is 114 Å². The van der Waals surface area contributed by atoms with Gasteiger partial charge in [0.05, 0.1) is 22.3 Å². The lowest BCUT2D eigenvalue weighted by Crippen LogP contribution is -2.27. The van der Waals surface area contributed by atoms with Gasteiger partial charge in [-0.15, -0.1) is 0 Å². The smallest absolute Gasteiger partial charge is 0.179 e. The number of rotatable bonds is 5. The zero-order valence-corrected chi connectivity index (χ0v) is 12.0. The van der Waals surface area contributed by atoms with Crippen LogP contribution in [0.2, 0.25) is 0 Å². The molecular formula is C14H18N2O2S. The van der Waals surface area contributed by atoms with Crippen LogP contribution < -0.4 is 5.32 Å². The molecule has 102 valence electrons. The summed E-state index contributed by atoms with van der Waals surface area (Å²) in [4.78, 5) is 0.225. The number of nitrogens with zero attached hydrogens (tertiary/aromatic N) is 1. The van der Waals surface area contributed by atoms with Crippen molar-refractivity contribution in [2.45, 2.75) is 31.2 Å². The first-order valence-corrected chi connectivity index (χ1v) is 7.97. The molecule has 1 aromatic rings. The molecule has 1 unspecified atom stereocenters. The third-order valence-corrected chi connectivity index (χ3v) is 5.31. The van der Waals surface area contributed by atoms with Crippen LogP contribution in [0.4, 0.5) is 0 Å². The van der Waals surface area contributed by atoms with Gasteiger partial charge in [-0.3, -0.25) is 0 Å². The summed E-state index contributed by atoms with van der Waals surface area (Å²) in [5.41, 5.74) is 0.669. The molecule has 19 heavy (non-hydrogen) atoms. The number of sulfone groups is 1. The highest BCUT2D eigenvalue weighted by Crippen LogP contribution is 2.44. The van der Waals surface area contributed by atoms with Crippen LogP contribution in [-0.2, 0) is 9.84 Å². The molecule has 2 rings (SSSR count). The molecule has 1 aromatic carbocycles. The average Bonchev–Trinajstić information content (AvgIpc) is 2.97. The van der Waals surface area contributed by atoms with Crippen molar-refractivity contribution in [2.75, 3.05) is 12.3 Å². The summed E-state index contributed by atoms with van der Waals surface area (Å²) >= 11 is 0. The number of hydrogen-bond acceptors (Lipinski definition) is 4. The Morgan fingerprint density at radius 1 is 1.47 bits per heavy atom. The highest BCUT2D eigenvalue weighted by molar-refractivity contribution is 7.91. The van der Waals surface area contributed by atoms with Gasteiger partial charge in [-0.25, -0.2) is 8.42 Å². The first-order valence-electron chi connectivity index (χ1n) is 6.31. The van der Waals surface area contributed by atoms with Crippen LogP contribution in [-0.4, -0.2) is 26.8 Å². The Balaban J connectivity index is 1.96. The van der Waals surface area contributed by atoms with Crippen LogP contribution in [0, 0.1) is 16.7 Å². The van der Waals surface area contributed by atoms with Crippen molar-refractivity contribution in [3.05, 3.63) is 29.8 Å². The van der Waals surface area contributed by atoms with Gasteiger partial charge in [0.15, 0.2) is 9.84 Å². The summed E-state index contributed by atoms with van der Waals surface area (Å²) in [6, 6.07) is 8.55. The van der Waals surface area contributed by atoms with Crippen molar-refractivity contribution in [1.29, 1.82) is 5.26 Å². The topological polar surface area (TPSA) is 70.0 Å². The fourth-order valence-electron chi connectivity index (χ4n) is 2.06. The predicted octanol–water partition coefficient (Wildman–Crippen LogP) is 1.72.